The van der Waals surface area contributed by atoms with Gasteiger partial charge in [0.1, 0.15) is 11.4 Å². The molecule has 1 saturated carbocycles. The van der Waals surface area contributed by atoms with Crippen LogP contribution in [0.15, 0.2) is 36.7 Å². The number of Topliss-reactive ketones (excluding diaryl/α,β-unsaturated/α-hetero) is 1. The summed E-state index contributed by atoms with van der Waals surface area (Å²) in [5.74, 6) is 0.698. The van der Waals surface area contributed by atoms with Gasteiger partial charge in [-0.3, -0.25) is 4.79 Å². The number of benzene rings is 1. The molecule has 0 N–H and O–H groups in total. The predicted molar refractivity (Wildman–Crippen MR) is 136 cm³/mol. The number of likely N-dealkylation sites (tertiary alicyclic amines) is 1. The minimum atomic E-state index is -0.520. The first-order valence-electron chi connectivity index (χ1n) is 12.8. The van der Waals surface area contributed by atoms with Crippen LogP contribution in [0.25, 0.3) is 11.4 Å². The van der Waals surface area contributed by atoms with Crippen molar-refractivity contribution in [3.05, 3.63) is 47.8 Å². The topological polar surface area (TPSA) is 92.7 Å². The summed E-state index contributed by atoms with van der Waals surface area (Å²) in [5, 5.41) is 0. The van der Waals surface area contributed by atoms with Gasteiger partial charge in [-0.15, -0.1) is 0 Å². The van der Waals surface area contributed by atoms with E-state index < -0.39 is 5.60 Å². The molecular formula is C28H36N4O4. The monoisotopic (exact) mass is 492 g/mol. The van der Waals surface area contributed by atoms with Crippen LogP contribution in [-0.4, -0.2) is 68.3 Å². The molecule has 0 radical (unpaired) electrons. The number of carbonyl (C=O) groups excluding carboxylic acids is 3. The highest BCUT2D eigenvalue weighted by molar-refractivity contribution is 5.94. The van der Waals surface area contributed by atoms with E-state index >= 15 is 0 Å². The molecule has 2 aliphatic rings. The van der Waals surface area contributed by atoms with E-state index in [0.717, 1.165) is 43.2 Å². The van der Waals surface area contributed by atoms with Crippen LogP contribution >= 0.6 is 0 Å². The number of carbonyl (C=O) groups is 3. The first-order chi connectivity index (χ1) is 17.1. The van der Waals surface area contributed by atoms with Crippen LogP contribution in [0.2, 0.25) is 0 Å². The average Bonchev–Trinajstić information content (AvgIpc) is 3.68. The number of hydrogen-bond acceptors (Lipinski definition) is 6. The molecule has 2 aromatic rings. The van der Waals surface area contributed by atoms with Crippen molar-refractivity contribution in [1.82, 2.24) is 19.8 Å². The summed E-state index contributed by atoms with van der Waals surface area (Å²) in [6, 6.07) is 8.20. The van der Waals surface area contributed by atoms with Crippen molar-refractivity contribution in [2.75, 3.05) is 13.1 Å². The molecule has 2 heterocycles. The summed E-state index contributed by atoms with van der Waals surface area (Å²) < 4.78 is 5.50. The molecule has 192 valence electrons. The van der Waals surface area contributed by atoms with Crippen LogP contribution in [0, 0.1) is 0 Å². The summed E-state index contributed by atoms with van der Waals surface area (Å²) in [6.45, 7) is 8.35. The Balaban J connectivity index is 1.38. The summed E-state index contributed by atoms with van der Waals surface area (Å²) in [7, 11) is 0. The van der Waals surface area contributed by atoms with Gasteiger partial charge in [0.25, 0.3) is 5.91 Å². The fourth-order valence-corrected chi connectivity index (χ4v) is 4.51. The Morgan fingerprint density at radius 2 is 1.56 bits per heavy atom. The summed E-state index contributed by atoms with van der Waals surface area (Å²) in [4.78, 5) is 49.7. The van der Waals surface area contributed by atoms with Crippen LogP contribution in [0.1, 0.15) is 75.7 Å². The lowest BCUT2D eigenvalue weighted by Gasteiger charge is -2.39. The highest BCUT2D eigenvalue weighted by Gasteiger charge is 2.40. The second kappa shape index (κ2) is 10.8. The lowest BCUT2D eigenvalue weighted by molar-refractivity contribution is -0.116. The van der Waals surface area contributed by atoms with E-state index in [2.05, 4.69) is 9.97 Å². The number of ketones is 1. The molecule has 1 aromatic carbocycles. The molecule has 0 spiro atoms. The normalized spacial score (nSPS) is 16.5. The van der Waals surface area contributed by atoms with Crippen molar-refractivity contribution in [3.8, 4) is 11.4 Å². The Kier molecular flexibility index (Phi) is 7.71. The van der Waals surface area contributed by atoms with Gasteiger partial charge < -0.3 is 19.3 Å². The Morgan fingerprint density at radius 1 is 0.972 bits per heavy atom. The zero-order valence-corrected chi connectivity index (χ0v) is 21.7. The summed E-state index contributed by atoms with van der Waals surface area (Å²) >= 11 is 0. The number of aromatic nitrogens is 2. The van der Waals surface area contributed by atoms with Crippen LogP contribution in [-0.2, 0) is 16.0 Å². The molecular weight excluding hydrogens is 456 g/mol. The van der Waals surface area contributed by atoms with Gasteiger partial charge in [-0.1, -0.05) is 24.3 Å². The quantitative estimate of drug-likeness (QED) is 0.558. The second-order valence-corrected chi connectivity index (χ2v) is 10.8. The first-order valence-corrected chi connectivity index (χ1v) is 12.8. The fourth-order valence-electron chi connectivity index (χ4n) is 4.51. The van der Waals surface area contributed by atoms with Crippen LogP contribution in [0.3, 0.4) is 0 Å². The fraction of sp³-hybridized carbons (Fsp3) is 0.536. The Hall–Kier alpha value is -3.29. The number of hydrogen-bond donors (Lipinski definition) is 0. The Bertz CT molecular complexity index is 1080. The Labute approximate surface area is 213 Å². The largest absolute Gasteiger partial charge is 0.444 e. The van der Waals surface area contributed by atoms with E-state index in [1.807, 2.05) is 49.9 Å². The number of ether oxygens (including phenoxy) is 1. The van der Waals surface area contributed by atoms with Gasteiger partial charge >= 0.3 is 6.09 Å². The summed E-state index contributed by atoms with van der Waals surface area (Å²) in [6.07, 6.45) is 7.66. The molecule has 8 nitrogen and oxygen atoms in total. The first kappa shape index (κ1) is 25.8. The molecule has 4 rings (SSSR count). The molecule has 1 aliphatic carbocycles. The molecule has 0 unspecified atom stereocenters. The highest BCUT2D eigenvalue weighted by atomic mass is 16.6. The lowest BCUT2D eigenvalue weighted by atomic mass is 10.0. The molecule has 0 atom stereocenters. The van der Waals surface area contributed by atoms with Crippen molar-refractivity contribution in [1.29, 1.82) is 0 Å². The predicted octanol–water partition coefficient (Wildman–Crippen LogP) is 4.67. The third-order valence-electron chi connectivity index (χ3n) is 6.56. The molecule has 2 fully saturated rings. The highest BCUT2D eigenvalue weighted by Crippen LogP contribution is 2.33. The number of amides is 2. The van der Waals surface area contributed by atoms with E-state index in [0.29, 0.717) is 30.9 Å². The number of piperidine rings is 1. The minimum absolute atomic E-state index is 0.0423. The zero-order chi connectivity index (χ0) is 25.9. The van der Waals surface area contributed by atoms with Crippen molar-refractivity contribution < 1.29 is 19.1 Å². The maximum Gasteiger partial charge on any atom is 0.410 e. The maximum atomic E-state index is 13.5. The van der Waals surface area contributed by atoms with E-state index in [9.17, 15) is 14.4 Å². The van der Waals surface area contributed by atoms with Crippen molar-refractivity contribution in [3.63, 3.8) is 0 Å². The van der Waals surface area contributed by atoms with Gasteiger partial charge in [0.05, 0.1) is 5.56 Å². The van der Waals surface area contributed by atoms with Crippen LogP contribution in [0.4, 0.5) is 4.79 Å². The molecule has 1 saturated heterocycles. The smallest absolute Gasteiger partial charge is 0.410 e. The van der Waals surface area contributed by atoms with Crippen molar-refractivity contribution in [2.24, 2.45) is 0 Å². The molecule has 0 bridgehead atoms. The standard InChI is InChI=1S/C28H36N4O4/c1-19(33)5-6-20-7-9-21(10-8-20)25-29-17-22(18-30-25)26(34)32(23-11-12-23)24-13-15-31(16-14-24)27(35)36-28(2,3)4/h7-10,17-18,23-24H,5-6,11-16H2,1-4H3. The van der Waals surface area contributed by atoms with E-state index in [-0.39, 0.29) is 29.9 Å². The molecule has 1 aromatic heterocycles. The molecule has 8 heteroatoms. The van der Waals surface area contributed by atoms with Gasteiger partial charge in [-0.2, -0.15) is 0 Å². The maximum absolute atomic E-state index is 13.5. The van der Waals surface area contributed by atoms with Gasteiger partial charge in [-0.05, 0) is 65.4 Å². The third-order valence-corrected chi connectivity index (χ3v) is 6.56. The molecule has 2 amide bonds. The van der Waals surface area contributed by atoms with Crippen LogP contribution in [0.5, 0.6) is 0 Å². The number of rotatable bonds is 7. The van der Waals surface area contributed by atoms with E-state index in [1.165, 1.54) is 0 Å². The summed E-state index contributed by atoms with van der Waals surface area (Å²) in [5.41, 5.74) is 1.93. The lowest BCUT2D eigenvalue weighted by Crippen LogP contribution is -2.50. The third kappa shape index (κ3) is 6.68. The minimum Gasteiger partial charge on any atom is -0.444 e. The van der Waals surface area contributed by atoms with Gasteiger partial charge in [0.2, 0.25) is 0 Å². The number of aryl methyl sites for hydroxylation is 1. The van der Waals surface area contributed by atoms with Crippen molar-refractivity contribution >= 4 is 17.8 Å². The Morgan fingerprint density at radius 3 is 2.08 bits per heavy atom. The van der Waals surface area contributed by atoms with E-state index in [1.54, 1.807) is 24.2 Å². The molecule has 36 heavy (non-hydrogen) atoms. The van der Waals surface area contributed by atoms with Gasteiger partial charge in [0.15, 0.2) is 5.82 Å². The van der Waals surface area contributed by atoms with Gasteiger partial charge in [0, 0.05) is 49.6 Å². The van der Waals surface area contributed by atoms with Gasteiger partial charge in [-0.25, -0.2) is 14.8 Å². The SMILES string of the molecule is CC(=O)CCc1ccc(-c2ncc(C(=O)N(C3CC3)C3CCN(C(=O)OC(C)(C)C)CC3)cn2)cc1. The van der Waals surface area contributed by atoms with Crippen LogP contribution < -0.4 is 0 Å². The van der Waals surface area contributed by atoms with E-state index in [4.69, 9.17) is 4.74 Å². The zero-order valence-electron chi connectivity index (χ0n) is 21.7. The molecule has 1 aliphatic heterocycles. The second-order valence-electron chi connectivity index (χ2n) is 10.8. The number of nitrogens with zero attached hydrogens (tertiary/aromatic N) is 4. The van der Waals surface area contributed by atoms with Crippen molar-refractivity contribution in [2.45, 2.75) is 83.9 Å². The average molecular weight is 493 g/mol.